The topological polar surface area (TPSA) is 110 Å². The number of hydrogen-bond acceptors (Lipinski definition) is 4. The van der Waals surface area contributed by atoms with E-state index >= 15 is 0 Å². The lowest BCUT2D eigenvalue weighted by molar-refractivity contribution is -0.387. The van der Waals surface area contributed by atoms with Gasteiger partial charge in [0, 0.05) is 0 Å². The Morgan fingerprint density at radius 1 is 1.43 bits per heavy atom. The molecule has 0 fully saturated rings. The van der Waals surface area contributed by atoms with Crippen molar-refractivity contribution in [3.8, 4) is 0 Å². The van der Waals surface area contributed by atoms with Crippen molar-refractivity contribution in [3.05, 3.63) is 39.4 Å². The van der Waals surface area contributed by atoms with Gasteiger partial charge in [-0.2, -0.15) is 4.39 Å². The van der Waals surface area contributed by atoms with Gasteiger partial charge in [0.25, 0.3) is 5.91 Å². The summed E-state index contributed by atoms with van der Waals surface area (Å²) in [6.45, 7) is 2.65. The zero-order valence-electron chi connectivity index (χ0n) is 11.1. The monoisotopic (exact) mass is 302 g/mol. The van der Waals surface area contributed by atoms with Crippen LogP contribution in [0.25, 0.3) is 0 Å². The van der Waals surface area contributed by atoms with Crippen molar-refractivity contribution in [1.82, 2.24) is 5.32 Å². The van der Waals surface area contributed by atoms with Crippen molar-refractivity contribution in [1.29, 1.82) is 0 Å². The van der Waals surface area contributed by atoms with E-state index in [9.17, 15) is 28.5 Å². The van der Waals surface area contributed by atoms with Crippen molar-refractivity contribution >= 4 is 17.6 Å². The Hall–Kier alpha value is -2.58. The highest BCUT2D eigenvalue weighted by Crippen LogP contribution is 2.23. The molecule has 0 aromatic heterocycles. The predicted molar refractivity (Wildman–Crippen MR) is 66.8 cm³/mol. The first-order valence-corrected chi connectivity index (χ1v) is 5.81. The van der Waals surface area contributed by atoms with E-state index in [1.807, 2.05) is 5.32 Å². The molecule has 1 amide bonds. The van der Waals surface area contributed by atoms with E-state index in [2.05, 4.69) is 0 Å². The van der Waals surface area contributed by atoms with Crippen molar-refractivity contribution < 1.29 is 28.4 Å². The van der Waals surface area contributed by atoms with Crippen LogP contribution in [0.15, 0.2) is 12.1 Å². The smallest absolute Gasteiger partial charge is 0.329 e. The SMILES string of the molecule is CCC(C)(NC(=O)c1cc(F)cc([N+](=O)[O-])c1F)C(=O)O. The van der Waals surface area contributed by atoms with E-state index in [0.29, 0.717) is 12.1 Å². The van der Waals surface area contributed by atoms with Gasteiger partial charge in [-0.1, -0.05) is 6.92 Å². The standard InChI is InChI=1S/C12H12F2N2O5/c1-3-12(2,11(18)19)15-10(17)7-4-6(13)5-8(9(7)14)16(20)21/h4-5H,3H2,1-2H3,(H,15,17)(H,18,19). The number of nitrogens with zero attached hydrogens (tertiary/aromatic N) is 1. The summed E-state index contributed by atoms with van der Waals surface area (Å²) in [6, 6.07) is 0.803. The average molecular weight is 302 g/mol. The van der Waals surface area contributed by atoms with E-state index in [1.54, 1.807) is 0 Å². The molecule has 1 aromatic rings. The summed E-state index contributed by atoms with van der Waals surface area (Å²) in [5, 5.41) is 21.6. The van der Waals surface area contributed by atoms with E-state index in [-0.39, 0.29) is 6.42 Å². The molecule has 0 aliphatic rings. The maximum atomic E-state index is 13.8. The molecule has 1 atom stereocenters. The number of halogens is 2. The Balaban J connectivity index is 3.26. The molecule has 9 heteroatoms. The van der Waals surface area contributed by atoms with Gasteiger partial charge in [0.15, 0.2) is 0 Å². The zero-order valence-corrected chi connectivity index (χ0v) is 11.1. The molecule has 0 spiro atoms. The Morgan fingerprint density at radius 3 is 2.43 bits per heavy atom. The molecular weight excluding hydrogens is 290 g/mol. The van der Waals surface area contributed by atoms with Crippen molar-refractivity contribution in [2.45, 2.75) is 25.8 Å². The summed E-state index contributed by atoms with van der Waals surface area (Å²) < 4.78 is 27.1. The third kappa shape index (κ3) is 3.30. The van der Waals surface area contributed by atoms with E-state index < -0.39 is 45.2 Å². The number of rotatable bonds is 5. The average Bonchev–Trinajstić information content (AvgIpc) is 2.40. The highest BCUT2D eigenvalue weighted by molar-refractivity contribution is 5.98. The molecule has 0 radical (unpaired) electrons. The van der Waals surface area contributed by atoms with Gasteiger partial charge in [0.2, 0.25) is 5.82 Å². The molecule has 0 saturated heterocycles. The molecule has 2 N–H and O–H groups in total. The lowest BCUT2D eigenvalue weighted by atomic mass is 9.98. The second kappa shape index (κ2) is 5.81. The fourth-order valence-electron chi connectivity index (χ4n) is 1.48. The number of benzene rings is 1. The maximum Gasteiger partial charge on any atom is 0.329 e. The third-order valence-electron chi connectivity index (χ3n) is 3.03. The molecule has 0 saturated carbocycles. The number of nitro benzene ring substituents is 1. The number of aliphatic carboxylic acids is 1. The van der Waals surface area contributed by atoms with Crippen molar-refractivity contribution in [3.63, 3.8) is 0 Å². The summed E-state index contributed by atoms with van der Waals surface area (Å²) in [6.07, 6.45) is -0.0207. The lowest BCUT2D eigenvalue weighted by Gasteiger charge is -2.24. The van der Waals surface area contributed by atoms with E-state index in [0.717, 1.165) is 0 Å². The first-order valence-electron chi connectivity index (χ1n) is 5.81. The second-order valence-electron chi connectivity index (χ2n) is 4.49. The van der Waals surface area contributed by atoms with Crippen LogP contribution in [0, 0.1) is 21.7 Å². The Kier molecular flexibility index (Phi) is 4.56. The molecule has 0 aliphatic carbocycles. The Bertz CT molecular complexity index is 620. The van der Waals surface area contributed by atoms with Gasteiger partial charge in [-0.05, 0) is 19.4 Å². The lowest BCUT2D eigenvalue weighted by Crippen LogP contribution is -2.51. The minimum Gasteiger partial charge on any atom is -0.480 e. The van der Waals surface area contributed by atoms with E-state index in [1.165, 1.54) is 13.8 Å². The van der Waals surface area contributed by atoms with Gasteiger partial charge in [0.1, 0.15) is 11.4 Å². The maximum absolute atomic E-state index is 13.8. The highest BCUT2D eigenvalue weighted by atomic mass is 19.1. The van der Waals surface area contributed by atoms with Crippen LogP contribution in [0.4, 0.5) is 14.5 Å². The predicted octanol–water partition coefficient (Wildman–Crippen LogP) is 1.86. The number of hydrogen-bond donors (Lipinski definition) is 2. The summed E-state index contributed by atoms with van der Waals surface area (Å²) in [7, 11) is 0. The van der Waals surface area contributed by atoms with Gasteiger partial charge in [-0.25, -0.2) is 9.18 Å². The van der Waals surface area contributed by atoms with Crippen LogP contribution in [-0.4, -0.2) is 27.4 Å². The van der Waals surface area contributed by atoms with Gasteiger partial charge >= 0.3 is 11.7 Å². The minimum absolute atomic E-state index is 0.0207. The normalized spacial score (nSPS) is 13.3. The van der Waals surface area contributed by atoms with Crippen LogP contribution in [0.1, 0.15) is 30.6 Å². The zero-order chi connectivity index (χ0) is 16.4. The first kappa shape index (κ1) is 16.5. The first-order chi connectivity index (χ1) is 9.62. The quantitative estimate of drug-likeness (QED) is 0.637. The van der Waals surface area contributed by atoms with Crippen LogP contribution in [0.2, 0.25) is 0 Å². The van der Waals surface area contributed by atoms with Gasteiger partial charge in [0.05, 0.1) is 16.6 Å². The second-order valence-corrected chi connectivity index (χ2v) is 4.49. The van der Waals surface area contributed by atoms with Gasteiger partial charge < -0.3 is 10.4 Å². The molecule has 114 valence electrons. The molecule has 0 aliphatic heterocycles. The number of nitro groups is 1. The number of carboxylic acid groups (broad SMARTS) is 1. The molecule has 1 rings (SSSR count). The van der Waals surface area contributed by atoms with E-state index in [4.69, 9.17) is 5.11 Å². The summed E-state index contributed by atoms with van der Waals surface area (Å²) in [5.41, 5.74) is -3.83. The molecule has 1 aromatic carbocycles. The number of carbonyl (C=O) groups excluding carboxylic acids is 1. The fraction of sp³-hybridized carbons (Fsp3) is 0.333. The molecule has 7 nitrogen and oxygen atoms in total. The summed E-state index contributed by atoms with van der Waals surface area (Å²) in [5.74, 6) is -5.32. The Labute approximate surface area is 117 Å². The molecule has 0 bridgehead atoms. The largest absolute Gasteiger partial charge is 0.480 e. The highest BCUT2D eigenvalue weighted by Gasteiger charge is 2.35. The minimum atomic E-state index is -1.70. The van der Waals surface area contributed by atoms with Crippen LogP contribution in [-0.2, 0) is 4.79 Å². The van der Waals surface area contributed by atoms with Crippen LogP contribution < -0.4 is 5.32 Å². The Morgan fingerprint density at radius 2 is 2.00 bits per heavy atom. The van der Waals surface area contributed by atoms with Crippen LogP contribution in [0.5, 0.6) is 0 Å². The van der Waals surface area contributed by atoms with Crippen LogP contribution >= 0.6 is 0 Å². The van der Waals surface area contributed by atoms with Crippen molar-refractivity contribution in [2.75, 3.05) is 0 Å². The van der Waals surface area contributed by atoms with Crippen molar-refractivity contribution in [2.24, 2.45) is 0 Å². The number of nitrogens with one attached hydrogen (secondary N) is 1. The van der Waals surface area contributed by atoms with Gasteiger partial charge in [-0.3, -0.25) is 14.9 Å². The fourth-order valence-corrected chi connectivity index (χ4v) is 1.48. The number of carboxylic acids is 1. The summed E-state index contributed by atoms with van der Waals surface area (Å²) >= 11 is 0. The van der Waals surface area contributed by atoms with Gasteiger partial charge in [-0.15, -0.1) is 0 Å². The van der Waals surface area contributed by atoms with Crippen LogP contribution in [0.3, 0.4) is 0 Å². The third-order valence-corrected chi connectivity index (χ3v) is 3.03. The number of carbonyl (C=O) groups is 2. The number of amides is 1. The summed E-state index contributed by atoms with van der Waals surface area (Å²) in [4.78, 5) is 32.3. The molecular formula is C12H12F2N2O5. The molecule has 1 unspecified atom stereocenters. The molecule has 0 heterocycles. The molecule has 21 heavy (non-hydrogen) atoms.